The van der Waals surface area contributed by atoms with Crippen molar-refractivity contribution in [3.05, 3.63) is 59.9 Å². The third-order valence-corrected chi connectivity index (χ3v) is 5.62. The number of para-hydroxylation sites is 1. The quantitative estimate of drug-likeness (QED) is 0.890. The van der Waals surface area contributed by atoms with Crippen LogP contribution in [-0.2, 0) is 6.54 Å². The van der Waals surface area contributed by atoms with Crippen molar-refractivity contribution in [3.63, 3.8) is 0 Å². The zero-order valence-electron chi connectivity index (χ0n) is 15.1. The van der Waals surface area contributed by atoms with Gasteiger partial charge in [-0.3, -0.25) is 9.78 Å². The lowest BCUT2D eigenvalue weighted by molar-refractivity contribution is 0.0554. The zero-order valence-corrected chi connectivity index (χ0v) is 15.1. The summed E-state index contributed by atoms with van der Waals surface area (Å²) in [6.45, 7) is 4.45. The number of benzene rings is 1. The number of anilines is 1. The summed E-state index contributed by atoms with van der Waals surface area (Å²) in [6.07, 6.45) is 5.29. The third-order valence-electron chi connectivity index (χ3n) is 5.62. The largest absolute Gasteiger partial charge is 0.379 e. The Kier molecular flexibility index (Phi) is 4.89. The van der Waals surface area contributed by atoms with Crippen LogP contribution >= 0.6 is 0 Å². The zero-order chi connectivity index (χ0) is 17.8. The summed E-state index contributed by atoms with van der Waals surface area (Å²) in [6, 6.07) is 13.7. The molecule has 1 aromatic heterocycles. The van der Waals surface area contributed by atoms with Gasteiger partial charge in [0.25, 0.3) is 5.91 Å². The van der Waals surface area contributed by atoms with Crippen LogP contribution in [0.1, 0.15) is 35.3 Å². The van der Waals surface area contributed by atoms with Crippen LogP contribution < -0.4 is 10.6 Å². The highest BCUT2D eigenvalue weighted by molar-refractivity contribution is 5.99. The first-order valence-electron chi connectivity index (χ1n) is 9.49. The Hall–Kier alpha value is -2.40. The van der Waals surface area contributed by atoms with Gasteiger partial charge in [0.1, 0.15) is 0 Å². The van der Waals surface area contributed by atoms with E-state index in [2.05, 4.69) is 20.5 Å². The molecule has 0 unspecified atom stereocenters. The minimum Gasteiger partial charge on any atom is -0.379 e. The Labute approximate surface area is 154 Å². The number of rotatable bonds is 4. The van der Waals surface area contributed by atoms with E-state index in [0.29, 0.717) is 6.54 Å². The normalized spacial score (nSPS) is 22.5. The molecule has 2 fully saturated rings. The fraction of sp³-hybridized carbons (Fsp3) is 0.429. The van der Waals surface area contributed by atoms with Crippen LogP contribution in [0.25, 0.3) is 0 Å². The van der Waals surface area contributed by atoms with E-state index < -0.39 is 0 Å². The molecule has 0 saturated carbocycles. The number of amides is 1. The van der Waals surface area contributed by atoms with E-state index in [1.54, 1.807) is 6.20 Å². The van der Waals surface area contributed by atoms with Crippen LogP contribution in [0.3, 0.4) is 0 Å². The van der Waals surface area contributed by atoms with Gasteiger partial charge in [0.05, 0.1) is 17.8 Å². The molecule has 0 aliphatic carbocycles. The number of hydrogen-bond acceptors (Lipinski definition) is 4. The first-order chi connectivity index (χ1) is 12.8. The average Bonchev–Trinajstić information content (AvgIpc) is 3.14. The van der Waals surface area contributed by atoms with E-state index in [4.69, 9.17) is 0 Å². The second-order valence-corrected chi connectivity index (χ2v) is 7.48. The van der Waals surface area contributed by atoms with Crippen molar-refractivity contribution in [1.82, 2.24) is 15.2 Å². The van der Waals surface area contributed by atoms with Gasteiger partial charge in [-0.15, -0.1) is 0 Å². The lowest BCUT2D eigenvalue weighted by Gasteiger charge is -2.40. The number of carbonyl (C=O) groups excluding carboxylic acids is 1. The number of pyridine rings is 1. The predicted molar refractivity (Wildman–Crippen MR) is 103 cm³/mol. The summed E-state index contributed by atoms with van der Waals surface area (Å²) in [5.74, 6) is 0.139. The van der Waals surface area contributed by atoms with Crippen molar-refractivity contribution >= 4 is 11.6 Å². The maximum atomic E-state index is 13.2. The maximum Gasteiger partial charge on any atom is 0.255 e. The summed E-state index contributed by atoms with van der Waals surface area (Å²) >= 11 is 0. The Morgan fingerprint density at radius 1 is 1.19 bits per heavy atom. The molecule has 2 N–H and O–H groups in total. The number of hydrogen-bond donors (Lipinski definition) is 2. The van der Waals surface area contributed by atoms with Crippen LogP contribution in [0, 0.1) is 5.41 Å². The molecule has 5 nitrogen and oxygen atoms in total. The highest BCUT2D eigenvalue weighted by Crippen LogP contribution is 2.36. The molecule has 1 atom stereocenters. The summed E-state index contributed by atoms with van der Waals surface area (Å²) < 4.78 is 0. The average molecular weight is 350 g/mol. The van der Waals surface area contributed by atoms with Gasteiger partial charge in [-0.1, -0.05) is 18.2 Å². The molecule has 26 heavy (non-hydrogen) atoms. The monoisotopic (exact) mass is 350 g/mol. The summed E-state index contributed by atoms with van der Waals surface area (Å²) in [7, 11) is 0. The number of nitrogens with zero attached hydrogens (tertiary/aromatic N) is 2. The van der Waals surface area contributed by atoms with Crippen LogP contribution in [-0.4, -0.2) is 42.0 Å². The van der Waals surface area contributed by atoms with E-state index in [1.807, 2.05) is 42.5 Å². The molecule has 2 saturated heterocycles. The molecule has 1 aromatic carbocycles. The van der Waals surface area contributed by atoms with Crippen molar-refractivity contribution in [1.29, 1.82) is 0 Å². The number of nitrogens with one attached hydrogen (secondary N) is 2. The Morgan fingerprint density at radius 2 is 2.08 bits per heavy atom. The van der Waals surface area contributed by atoms with Crippen molar-refractivity contribution in [2.24, 2.45) is 5.41 Å². The summed E-state index contributed by atoms with van der Waals surface area (Å²) in [5.41, 5.74) is 2.88. The van der Waals surface area contributed by atoms with Gasteiger partial charge in [0, 0.05) is 36.9 Å². The highest BCUT2D eigenvalue weighted by Gasteiger charge is 2.39. The van der Waals surface area contributed by atoms with Crippen LogP contribution in [0.5, 0.6) is 0 Å². The third kappa shape index (κ3) is 3.58. The highest BCUT2D eigenvalue weighted by atomic mass is 16.2. The smallest absolute Gasteiger partial charge is 0.255 e. The number of piperidine rings is 1. The fourth-order valence-electron chi connectivity index (χ4n) is 4.21. The van der Waals surface area contributed by atoms with Gasteiger partial charge in [-0.25, -0.2) is 0 Å². The van der Waals surface area contributed by atoms with Crippen LogP contribution in [0.15, 0.2) is 48.7 Å². The van der Waals surface area contributed by atoms with Gasteiger partial charge in [-0.05, 0) is 50.1 Å². The predicted octanol–water partition coefficient (Wildman–Crippen LogP) is 2.91. The van der Waals surface area contributed by atoms with E-state index >= 15 is 0 Å². The topological polar surface area (TPSA) is 57.3 Å². The van der Waals surface area contributed by atoms with Gasteiger partial charge in [0.15, 0.2) is 0 Å². The minimum absolute atomic E-state index is 0.139. The Balaban J connectivity index is 1.49. The molecular formula is C21H26N4O. The molecule has 4 rings (SSSR count). The van der Waals surface area contributed by atoms with Gasteiger partial charge >= 0.3 is 0 Å². The molecule has 136 valence electrons. The first kappa shape index (κ1) is 17.0. The summed E-state index contributed by atoms with van der Waals surface area (Å²) in [4.78, 5) is 19.6. The molecule has 1 spiro atoms. The van der Waals surface area contributed by atoms with E-state index in [9.17, 15) is 4.79 Å². The van der Waals surface area contributed by atoms with Crippen molar-refractivity contribution < 1.29 is 4.79 Å². The second kappa shape index (κ2) is 7.46. The van der Waals surface area contributed by atoms with E-state index in [1.165, 1.54) is 12.8 Å². The molecule has 2 aromatic rings. The number of aromatic nitrogens is 1. The fourth-order valence-corrected chi connectivity index (χ4v) is 4.21. The number of carbonyl (C=O) groups is 1. The molecule has 3 heterocycles. The maximum absolute atomic E-state index is 13.2. The molecule has 2 aliphatic rings. The van der Waals surface area contributed by atoms with E-state index in [0.717, 1.165) is 49.5 Å². The SMILES string of the molecule is O=C(c1ccccc1NCc1ccccn1)N1CCC[C@@]2(CCNC2)C1. The van der Waals surface area contributed by atoms with Gasteiger partial charge in [-0.2, -0.15) is 0 Å². The Morgan fingerprint density at radius 3 is 2.88 bits per heavy atom. The van der Waals surface area contributed by atoms with Crippen molar-refractivity contribution in [3.8, 4) is 0 Å². The van der Waals surface area contributed by atoms with Crippen LogP contribution in [0.4, 0.5) is 5.69 Å². The standard InChI is InChI=1S/C21H26N4O/c26-20(25-13-5-9-21(16-25)10-12-22-15-21)18-7-1-2-8-19(18)24-14-17-6-3-4-11-23-17/h1-4,6-8,11,22,24H,5,9-10,12-16H2/t21-/m0/s1. The van der Waals surface area contributed by atoms with Gasteiger partial charge in [0.2, 0.25) is 0 Å². The lowest BCUT2D eigenvalue weighted by atomic mass is 9.79. The van der Waals surface area contributed by atoms with E-state index in [-0.39, 0.29) is 11.3 Å². The molecule has 1 amide bonds. The van der Waals surface area contributed by atoms with Crippen molar-refractivity contribution in [2.45, 2.75) is 25.8 Å². The molecule has 2 aliphatic heterocycles. The van der Waals surface area contributed by atoms with Crippen LogP contribution in [0.2, 0.25) is 0 Å². The molecular weight excluding hydrogens is 324 g/mol. The molecule has 0 radical (unpaired) electrons. The first-order valence-corrected chi connectivity index (χ1v) is 9.49. The second-order valence-electron chi connectivity index (χ2n) is 7.48. The lowest BCUT2D eigenvalue weighted by Crippen LogP contribution is -2.47. The number of likely N-dealkylation sites (tertiary alicyclic amines) is 1. The Bertz CT molecular complexity index is 756. The molecule has 5 heteroatoms. The minimum atomic E-state index is 0.139. The molecule has 0 bridgehead atoms. The van der Waals surface area contributed by atoms with Crippen molar-refractivity contribution in [2.75, 3.05) is 31.5 Å². The van der Waals surface area contributed by atoms with Gasteiger partial charge < -0.3 is 15.5 Å². The summed E-state index contributed by atoms with van der Waals surface area (Å²) in [5, 5.41) is 6.86.